The molecule has 1 unspecified atom stereocenters. The number of aromatic nitrogens is 2. The molecule has 1 aromatic heterocycles. The molecule has 2 aromatic carbocycles. The summed E-state index contributed by atoms with van der Waals surface area (Å²) >= 11 is 0. The number of sulfone groups is 1. The molecule has 3 aromatic rings. The lowest BCUT2D eigenvalue weighted by Gasteiger charge is -2.24. The Labute approximate surface area is 234 Å². The maximum Gasteiger partial charge on any atom is 0.306 e. The largest absolute Gasteiger partial charge is 0.462 e. The van der Waals surface area contributed by atoms with E-state index in [0.717, 1.165) is 18.5 Å². The molecule has 10 heteroatoms. The lowest BCUT2D eigenvalue weighted by Crippen LogP contribution is -2.33. The fourth-order valence-electron chi connectivity index (χ4n) is 5.63. The number of halogens is 1. The van der Waals surface area contributed by atoms with Gasteiger partial charge in [0.05, 0.1) is 15.8 Å². The molecule has 2 atom stereocenters. The summed E-state index contributed by atoms with van der Waals surface area (Å²) in [5.41, 5.74) is 1.66. The number of hydrogen-bond acceptors (Lipinski definition) is 6. The second-order valence-electron chi connectivity index (χ2n) is 10.8. The molecule has 0 saturated carbocycles. The summed E-state index contributed by atoms with van der Waals surface area (Å²) in [5, 5.41) is -0.694. The SMILES string of the molecule is CC(C)c1c(C(=O)N2CCC(S(=O)(=O)c3ccccc3)C2)nc(-c2ccc(F)cc2)n1CC[C@@H]1CCCC(=O)O1. The number of benzene rings is 2. The van der Waals surface area contributed by atoms with Crippen molar-refractivity contribution in [1.29, 1.82) is 0 Å². The molecule has 0 aliphatic carbocycles. The number of hydrogen-bond donors (Lipinski definition) is 0. The second kappa shape index (κ2) is 11.5. The minimum Gasteiger partial charge on any atom is -0.462 e. The first kappa shape index (κ1) is 28.0. The average molecular weight is 568 g/mol. The van der Waals surface area contributed by atoms with E-state index in [2.05, 4.69) is 0 Å². The molecule has 0 bridgehead atoms. The first-order chi connectivity index (χ1) is 19.1. The van der Waals surface area contributed by atoms with Crippen LogP contribution in [0.2, 0.25) is 0 Å². The zero-order valence-corrected chi connectivity index (χ0v) is 23.6. The molecule has 2 saturated heterocycles. The van der Waals surface area contributed by atoms with Gasteiger partial charge in [-0.3, -0.25) is 9.59 Å². The van der Waals surface area contributed by atoms with Crippen molar-refractivity contribution in [3.05, 3.63) is 71.8 Å². The minimum atomic E-state index is -3.59. The number of cyclic esters (lactones) is 1. The highest BCUT2D eigenvalue weighted by atomic mass is 32.2. The maximum atomic E-state index is 13.9. The summed E-state index contributed by atoms with van der Waals surface area (Å²) < 4.78 is 47.7. The van der Waals surface area contributed by atoms with Gasteiger partial charge in [0.15, 0.2) is 15.5 Å². The van der Waals surface area contributed by atoms with E-state index in [9.17, 15) is 22.4 Å². The molecule has 8 nitrogen and oxygen atoms in total. The van der Waals surface area contributed by atoms with Gasteiger partial charge in [-0.25, -0.2) is 17.8 Å². The van der Waals surface area contributed by atoms with E-state index < -0.39 is 15.1 Å². The van der Waals surface area contributed by atoms with Crippen molar-refractivity contribution in [3.63, 3.8) is 0 Å². The van der Waals surface area contributed by atoms with Crippen molar-refractivity contribution in [2.45, 2.75) is 74.7 Å². The molecule has 2 aliphatic heterocycles. The quantitative estimate of drug-likeness (QED) is 0.356. The molecule has 3 heterocycles. The minimum absolute atomic E-state index is 0.0824. The molecule has 0 N–H and O–H groups in total. The fraction of sp³-hybridized carbons (Fsp3) is 0.433. The Hall–Kier alpha value is -3.53. The van der Waals surface area contributed by atoms with Gasteiger partial charge in [0.2, 0.25) is 0 Å². The number of imidazole rings is 1. The molecule has 2 fully saturated rings. The average Bonchev–Trinajstić information content (AvgIpc) is 3.59. The number of rotatable bonds is 8. The van der Waals surface area contributed by atoms with Crippen LogP contribution in [0.4, 0.5) is 4.39 Å². The Balaban J connectivity index is 1.46. The van der Waals surface area contributed by atoms with Crippen LogP contribution in [0.1, 0.15) is 68.1 Å². The summed E-state index contributed by atoms with van der Waals surface area (Å²) in [5.74, 6) is -0.447. The maximum absolute atomic E-state index is 13.9. The van der Waals surface area contributed by atoms with Crippen LogP contribution in [0.3, 0.4) is 0 Å². The van der Waals surface area contributed by atoms with Crippen LogP contribution in [0.15, 0.2) is 59.5 Å². The molecule has 2 aliphatic rings. The molecule has 212 valence electrons. The first-order valence-electron chi connectivity index (χ1n) is 13.8. The van der Waals surface area contributed by atoms with E-state index in [-0.39, 0.29) is 46.8 Å². The lowest BCUT2D eigenvalue weighted by molar-refractivity contribution is -0.154. The van der Waals surface area contributed by atoms with Gasteiger partial charge in [-0.1, -0.05) is 32.0 Å². The third-order valence-corrected chi connectivity index (χ3v) is 9.87. The highest BCUT2D eigenvalue weighted by Gasteiger charge is 2.38. The zero-order valence-electron chi connectivity index (χ0n) is 22.8. The number of amides is 1. The first-order valence-corrected chi connectivity index (χ1v) is 15.3. The van der Waals surface area contributed by atoms with Crippen molar-refractivity contribution in [2.24, 2.45) is 0 Å². The van der Waals surface area contributed by atoms with Gasteiger partial charge < -0.3 is 14.2 Å². The molecule has 0 spiro atoms. The van der Waals surface area contributed by atoms with E-state index in [1.54, 1.807) is 47.4 Å². The van der Waals surface area contributed by atoms with Crippen LogP contribution < -0.4 is 0 Å². The Kier molecular flexibility index (Phi) is 8.07. The van der Waals surface area contributed by atoms with Gasteiger partial charge in [-0.05, 0) is 61.6 Å². The molecule has 1 amide bonds. The van der Waals surface area contributed by atoms with E-state index in [0.29, 0.717) is 43.7 Å². The van der Waals surface area contributed by atoms with Gasteiger partial charge in [-0.2, -0.15) is 0 Å². The standard InChI is InChI=1S/C30H34FN3O5S/c1-20(2)28-27(30(36)33-17-16-25(19-33)40(37,38)24-8-4-3-5-9-24)32-29(21-11-13-22(31)14-12-21)34(28)18-15-23-7-6-10-26(35)39-23/h3-5,8-9,11-14,20,23,25H,6-7,10,15-19H2,1-2H3/t23-,25?/m0/s1. The predicted octanol–water partition coefficient (Wildman–Crippen LogP) is 4.99. The van der Waals surface area contributed by atoms with Crippen LogP contribution in [-0.4, -0.2) is 59.2 Å². The van der Waals surface area contributed by atoms with Gasteiger partial charge >= 0.3 is 5.97 Å². The lowest BCUT2D eigenvalue weighted by atomic mass is 10.0. The van der Waals surface area contributed by atoms with Crippen molar-refractivity contribution in [2.75, 3.05) is 13.1 Å². The van der Waals surface area contributed by atoms with Crippen molar-refractivity contribution in [1.82, 2.24) is 14.5 Å². The third-order valence-electron chi connectivity index (χ3n) is 7.68. The van der Waals surface area contributed by atoms with Crippen LogP contribution in [-0.2, 0) is 25.9 Å². The van der Waals surface area contributed by atoms with Crippen LogP contribution in [0.5, 0.6) is 0 Å². The smallest absolute Gasteiger partial charge is 0.306 e. The van der Waals surface area contributed by atoms with Crippen molar-refractivity contribution in [3.8, 4) is 11.4 Å². The summed E-state index contributed by atoms with van der Waals surface area (Å²) in [6, 6.07) is 14.3. The summed E-state index contributed by atoms with van der Waals surface area (Å²) in [7, 11) is -3.59. The van der Waals surface area contributed by atoms with Gasteiger partial charge in [0.1, 0.15) is 17.7 Å². The molecule has 0 radical (unpaired) electrons. The number of nitrogens with zero attached hydrogens (tertiary/aromatic N) is 3. The summed E-state index contributed by atoms with van der Waals surface area (Å²) in [4.78, 5) is 32.4. The van der Waals surface area contributed by atoms with Crippen molar-refractivity contribution < 1.29 is 27.1 Å². The van der Waals surface area contributed by atoms with Crippen molar-refractivity contribution >= 4 is 21.7 Å². The predicted molar refractivity (Wildman–Crippen MR) is 148 cm³/mol. The molecular weight excluding hydrogens is 533 g/mol. The fourth-order valence-corrected chi connectivity index (χ4v) is 7.34. The second-order valence-corrected chi connectivity index (χ2v) is 13.0. The molecule has 40 heavy (non-hydrogen) atoms. The van der Waals surface area contributed by atoms with Crippen LogP contribution >= 0.6 is 0 Å². The molecule has 5 rings (SSSR count). The highest BCUT2D eigenvalue weighted by Crippen LogP contribution is 2.32. The number of esters is 1. The number of ether oxygens (including phenoxy) is 1. The Morgan fingerprint density at radius 3 is 2.50 bits per heavy atom. The highest BCUT2D eigenvalue weighted by molar-refractivity contribution is 7.92. The normalized spacial score (nSPS) is 19.7. The Morgan fingerprint density at radius 2 is 1.82 bits per heavy atom. The topological polar surface area (TPSA) is 98.6 Å². The summed E-state index contributed by atoms with van der Waals surface area (Å²) in [6.07, 6.45) is 2.67. The number of likely N-dealkylation sites (tertiary alicyclic amines) is 1. The van der Waals surface area contributed by atoms with Gasteiger partial charge in [0.25, 0.3) is 5.91 Å². The monoisotopic (exact) mass is 567 g/mol. The Bertz CT molecular complexity index is 1490. The van der Waals surface area contributed by atoms with Crippen LogP contribution in [0, 0.1) is 5.82 Å². The zero-order chi connectivity index (χ0) is 28.4. The Morgan fingerprint density at radius 1 is 1.10 bits per heavy atom. The molecular formula is C30H34FN3O5S. The van der Waals surface area contributed by atoms with E-state index in [4.69, 9.17) is 9.72 Å². The number of carbonyl (C=O) groups is 2. The van der Waals surface area contributed by atoms with Gasteiger partial charge in [0, 0.05) is 38.0 Å². The third kappa shape index (κ3) is 5.68. The van der Waals surface area contributed by atoms with Gasteiger partial charge in [-0.15, -0.1) is 0 Å². The van der Waals surface area contributed by atoms with Crippen LogP contribution in [0.25, 0.3) is 11.4 Å². The van der Waals surface area contributed by atoms with E-state index >= 15 is 0 Å². The number of carbonyl (C=O) groups excluding carboxylic acids is 2. The van der Waals surface area contributed by atoms with E-state index in [1.165, 1.54) is 12.1 Å². The summed E-state index contributed by atoms with van der Waals surface area (Å²) in [6.45, 7) is 4.82. The van der Waals surface area contributed by atoms with E-state index in [1.807, 2.05) is 18.4 Å².